The van der Waals surface area contributed by atoms with Crippen LogP contribution in [0.2, 0.25) is 0 Å². The molecule has 0 saturated heterocycles. The van der Waals surface area contributed by atoms with Crippen molar-refractivity contribution in [2.45, 2.75) is 12.3 Å². The SMILES string of the molecule is CCN1C=NSC1C(=O)[O-].[Na+]. The first-order valence-corrected chi connectivity index (χ1v) is 3.75. The molecule has 0 radical (unpaired) electrons. The number of carbonyl (C=O) groups is 1. The number of hydrogen-bond donors (Lipinski definition) is 0. The van der Waals surface area contributed by atoms with Gasteiger partial charge in [0, 0.05) is 18.5 Å². The number of carboxylic acid groups (broad SMARTS) is 1. The van der Waals surface area contributed by atoms with Gasteiger partial charge in [-0.2, -0.15) is 0 Å². The Labute approximate surface area is 91.5 Å². The average Bonchev–Trinajstić information content (AvgIpc) is 2.33. The molecule has 0 aromatic heterocycles. The monoisotopic (exact) mass is 182 g/mol. The van der Waals surface area contributed by atoms with E-state index in [1.54, 1.807) is 4.90 Å². The fraction of sp³-hybridized carbons (Fsp3) is 0.600. The Balaban J connectivity index is 0.000001000. The summed E-state index contributed by atoms with van der Waals surface area (Å²) in [5.41, 5.74) is 0. The zero-order chi connectivity index (χ0) is 7.56. The van der Waals surface area contributed by atoms with Crippen LogP contribution in [0.3, 0.4) is 0 Å². The van der Waals surface area contributed by atoms with Gasteiger partial charge in [0.2, 0.25) is 0 Å². The van der Waals surface area contributed by atoms with Crippen molar-refractivity contribution >= 4 is 24.3 Å². The van der Waals surface area contributed by atoms with Crippen molar-refractivity contribution in [3.05, 3.63) is 0 Å². The summed E-state index contributed by atoms with van der Waals surface area (Å²) in [6.07, 6.45) is 1.52. The summed E-state index contributed by atoms with van der Waals surface area (Å²) in [5, 5.41) is 9.70. The van der Waals surface area contributed by atoms with E-state index in [-0.39, 0.29) is 29.6 Å². The van der Waals surface area contributed by atoms with E-state index in [1.165, 1.54) is 6.34 Å². The number of likely N-dealkylation sites (N-methyl/N-ethyl adjacent to an activating group) is 1. The first-order chi connectivity index (χ1) is 4.75. The topological polar surface area (TPSA) is 55.7 Å². The number of carboxylic acids is 1. The molecular weight excluding hydrogens is 175 g/mol. The molecule has 0 amide bonds. The third-order valence-corrected chi connectivity index (χ3v) is 2.10. The molecular formula is C5H7N2NaO2S. The number of nitrogens with zero attached hydrogens (tertiary/aromatic N) is 2. The molecule has 56 valence electrons. The summed E-state index contributed by atoms with van der Waals surface area (Å²) in [4.78, 5) is 11.9. The summed E-state index contributed by atoms with van der Waals surface area (Å²) >= 11 is 1.02. The first-order valence-electron chi connectivity index (χ1n) is 2.91. The summed E-state index contributed by atoms with van der Waals surface area (Å²) < 4.78 is 3.74. The molecule has 1 atom stereocenters. The van der Waals surface area contributed by atoms with E-state index in [0.29, 0.717) is 6.54 Å². The fourth-order valence-corrected chi connectivity index (χ4v) is 1.39. The molecule has 0 aromatic carbocycles. The average molecular weight is 182 g/mol. The van der Waals surface area contributed by atoms with Gasteiger partial charge < -0.3 is 14.8 Å². The number of rotatable bonds is 2. The Bertz CT molecular complexity index is 176. The quantitative estimate of drug-likeness (QED) is 0.323. The minimum absolute atomic E-state index is 0. The van der Waals surface area contributed by atoms with Crippen molar-refractivity contribution in [3.8, 4) is 0 Å². The van der Waals surface area contributed by atoms with Crippen LogP contribution in [0.15, 0.2) is 4.40 Å². The molecule has 0 aliphatic carbocycles. The molecule has 1 rings (SSSR count). The zero-order valence-electron chi connectivity index (χ0n) is 6.48. The molecule has 1 heterocycles. The van der Waals surface area contributed by atoms with Crippen LogP contribution in [-0.4, -0.2) is 29.1 Å². The van der Waals surface area contributed by atoms with Crippen molar-refractivity contribution in [2.75, 3.05) is 6.54 Å². The molecule has 0 aromatic rings. The molecule has 0 spiro atoms. The van der Waals surface area contributed by atoms with Crippen LogP contribution in [0.25, 0.3) is 0 Å². The van der Waals surface area contributed by atoms with Crippen molar-refractivity contribution < 1.29 is 39.5 Å². The molecule has 1 unspecified atom stereocenters. The molecule has 0 saturated carbocycles. The summed E-state index contributed by atoms with van der Waals surface area (Å²) in [5.74, 6) is -1.08. The van der Waals surface area contributed by atoms with Gasteiger partial charge in [-0.1, -0.05) is 0 Å². The Hall–Kier alpha value is 0.290. The van der Waals surface area contributed by atoms with E-state index in [0.717, 1.165) is 11.9 Å². The second-order valence-electron chi connectivity index (χ2n) is 1.83. The van der Waals surface area contributed by atoms with Crippen LogP contribution in [0.5, 0.6) is 0 Å². The predicted octanol–water partition coefficient (Wildman–Crippen LogP) is -3.92. The Kier molecular flexibility index (Phi) is 5.16. The van der Waals surface area contributed by atoms with Gasteiger partial charge in [-0.05, 0) is 6.92 Å². The van der Waals surface area contributed by atoms with Crippen molar-refractivity contribution in [1.29, 1.82) is 0 Å². The molecule has 1 aliphatic rings. The van der Waals surface area contributed by atoms with Gasteiger partial charge >= 0.3 is 29.6 Å². The van der Waals surface area contributed by atoms with Crippen LogP contribution in [0, 0.1) is 0 Å². The third kappa shape index (κ3) is 2.66. The largest absolute Gasteiger partial charge is 1.00 e. The standard InChI is InChI=1S/C5H8N2O2S.Na/c1-2-7-3-6-10-4(7)5(8)9;/h3-4H,2H2,1H3,(H,8,9);/q;+1/p-1. The molecule has 11 heavy (non-hydrogen) atoms. The minimum atomic E-state index is -1.08. The van der Waals surface area contributed by atoms with Crippen LogP contribution in [0.4, 0.5) is 0 Å². The van der Waals surface area contributed by atoms with Gasteiger partial charge in [-0.3, -0.25) is 0 Å². The maximum atomic E-state index is 10.3. The molecule has 4 nitrogen and oxygen atoms in total. The first kappa shape index (κ1) is 11.3. The van der Waals surface area contributed by atoms with Crippen molar-refractivity contribution in [3.63, 3.8) is 0 Å². The Morgan fingerprint density at radius 1 is 1.91 bits per heavy atom. The van der Waals surface area contributed by atoms with E-state index in [1.807, 2.05) is 6.92 Å². The molecule has 0 bridgehead atoms. The van der Waals surface area contributed by atoms with Crippen LogP contribution in [0.1, 0.15) is 6.92 Å². The van der Waals surface area contributed by atoms with E-state index in [4.69, 9.17) is 0 Å². The Morgan fingerprint density at radius 2 is 2.55 bits per heavy atom. The predicted molar refractivity (Wildman–Crippen MR) is 37.3 cm³/mol. The molecule has 0 N–H and O–H groups in total. The zero-order valence-corrected chi connectivity index (χ0v) is 9.30. The third-order valence-electron chi connectivity index (χ3n) is 1.22. The van der Waals surface area contributed by atoms with Crippen molar-refractivity contribution in [1.82, 2.24) is 4.90 Å². The maximum absolute atomic E-state index is 10.3. The van der Waals surface area contributed by atoms with Crippen LogP contribution < -0.4 is 34.7 Å². The second kappa shape index (κ2) is 5.03. The summed E-state index contributed by atoms with van der Waals surface area (Å²) in [6, 6.07) is 0. The normalized spacial score (nSPS) is 21.5. The van der Waals surface area contributed by atoms with Gasteiger partial charge in [0.1, 0.15) is 11.7 Å². The fourth-order valence-electron chi connectivity index (χ4n) is 0.692. The van der Waals surface area contributed by atoms with Gasteiger partial charge in [0.15, 0.2) is 0 Å². The van der Waals surface area contributed by atoms with Gasteiger partial charge in [0.25, 0.3) is 0 Å². The van der Waals surface area contributed by atoms with E-state index < -0.39 is 11.3 Å². The van der Waals surface area contributed by atoms with Gasteiger partial charge in [-0.15, -0.1) is 0 Å². The van der Waals surface area contributed by atoms with Gasteiger partial charge in [-0.25, -0.2) is 4.40 Å². The van der Waals surface area contributed by atoms with Crippen LogP contribution >= 0.6 is 11.9 Å². The Morgan fingerprint density at radius 3 is 2.91 bits per heavy atom. The number of hydrogen-bond acceptors (Lipinski definition) is 5. The van der Waals surface area contributed by atoms with E-state index in [9.17, 15) is 9.90 Å². The minimum Gasteiger partial charge on any atom is -0.547 e. The number of aliphatic carboxylic acids is 1. The van der Waals surface area contributed by atoms with Crippen LogP contribution in [-0.2, 0) is 4.79 Å². The maximum Gasteiger partial charge on any atom is 1.00 e. The van der Waals surface area contributed by atoms with Crippen molar-refractivity contribution in [2.24, 2.45) is 4.40 Å². The van der Waals surface area contributed by atoms with E-state index in [2.05, 4.69) is 4.40 Å². The second-order valence-corrected chi connectivity index (χ2v) is 2.70. The molecule has 1 aliphatic heterocycles. The molecule has 0 fully saturated rings. The van der Waals surface area contributed by atoms with Gasteiger partial charge in [0.05, 0.1) is 5.97 Å². The summed E-state index contributed by atoms with van der Waals surface area (Å²) in [7, 11) is 0. The summed E-state index contributed by atoms with van der Waals surface area (Å²) in [6.45, 7) is 2.52. The number of carbonyl (C=O) groups excluding carboxylic acids is 1. The molecule has 6 heteroatoms. The smallest absolute Gasteiger partial charge is 0.547 e. The van der Waals surface area contributed by atoms with E-state index >= 15 is 0 Å².